The fraction of sp³-hybridized carbons (Fsp3) is 0.208. The monoisotopic (exact) mass is 400 g/mol. The Kier molecular flexibility index (Phi) is 5.23. The van der Waals surface area contributed by atoms with Gasteiger partial charge in [0.2, 0.25) is 5.91 Å². The van der Waals surface area contributed by atoms with Crippen LogP contribution in [-0.4, -0.2) is 20.3 Å². The molecule has 152 valence electrons. The Bertz CT molecular complexity index is 1290. The number of carbonyl (C=O) groups is 1. The van der Waals surface area contributed by atoms with Gasteiger partial charge in [-0.2, -0.15) is 5.10 Å². The molecular weight excluding hydrogens is 376 g/mol. The van der Waals surface area contributed by atoms with E-state index in [9.17, 15) is 9.59 Å². The van der Waals surface area contributed by atoms with Crippen LogP contribution in [0.2, 0.25) is 0 Å². The van der Waals surface area contributed by atoms with Crippen molar-refractivity contribution in [3.8, 4) is 5.69 Å². The molecule has 2 aromatic carbocycles. The normalized spacial score (nSPS) is 11.0. The van der Waals surface area contributed by atoms with Crippen molar-refractivity contribution < 1.29 is 4.79 Å². The van der Waals surface area contributed by atoms with E-state index < -0.39 is 0 Å². The van der Waals surface area contributed by atoms with Crippen LogP contribution in [0.5, 0.6) is 0 Å². The summed E-state index contributed by atoms with van der Waals surface area (Å²) in [4.78, 5) is 25.4. The van der Waals surface area contributed by atoms with Gasteiger partial charge in [0.15, 0.2) is 0 Å². The first-order chi connectivity index (χ1) is 14.5. The third-order valence-electron chi connectivity index (χ3n) is 5.27. The summed E-state index contributed by atoms with van der Waals surface area (Å²) in [6.45, 7) is 6.08. The lowest BCUT2D eigenvalue weighted by Gasteiger charge is -2.13. The fourth-order valence-electron chi connectivity index (χ4n) is 3.77. The van der Waals surface area contributed by atoms with E-state index in [1.165, 1.54) is 0 Å². The molecule has 4 aromatic rings. The minimum absolute atomic E-state index is 0.132. The van der Waals surface area contributed by atoms with Gasteiger partial charge in [-0.3, -0.25) is 14.2 Å². The van der Waals surface area contributed by atoms with E-state index in [0.29, 0.717) is 5.65 Å². The van der Waals surface area contributed by atoms with Gasteiger partial charge >= 0.3 is 0 Å². The Balaban J connectivity index is 1.71. The van der Waals surface area contributed by atoms with Gasteiger partial charge in [0.05, 0.1) is 11.4 Å². The molecule has 1 N–H and O–H groups in total. The predicted octanol–water partition coefficient (Wildman–Crippen LogP) is 4.14. The molecule has 0 fully saturated rings. The Morgan fingerprint density at radius 3 is 2.40 bits per heavy atom. The van der Waals surface area contributed by atoms with Gasteiger partial charge in [-0.1, -0.05) is 36.4 Å². The first kappa shape index (κ1) is 19.6. The summed E-state index contributed by atoms with van der Waals surface area (Å²) in [5.41, 5.74) is 4.97. The maximum absolute atomic E-state index is 12.9. The second kappa shape index (κ2) is 7.99. The number of benzene rings is 2. The second-order valence-corrected chi connectivity index (χ2v) is 7.46. The molecule has 2 heterocycles. The number of para-hydroxylation sites is 2. The van der Waals surface area contributed by atoms with Gasteiger partial charge in [-0.05, 0) is 50.1 Å². The quantitative estimate of drug-likeness (QED) is 0.547. The van der Waals surface area contributed by atoms with E-state index in [4.69, 9.17) is 0 Å². The van der Waals surface area contributed by atoms with Crippen molar-refractivity contribution in [2.24, 2.45) is 0 Å². The topological polar surface area (TPSA) is 68.9 Å². The highest BCUT2D eigenvalue weighted by Gasteiger charge is 2.17. The lowest BCUT2D eigenvalue weighted by Crippen LogP contribution is -2.25. The SMILES string of the molecule is Cc1ccccc1NC(=O)CCn1c(=O)cc(C)c2c(C)nn(-c3ccccc3)c21. The van der Waals surface area contributed by atoms with Gasteiger partial charge in [-0.15, -0.1) is 0 Å². The van der Waals surface area contributed by atoms with Crippen molar-refractivity contribution in [1.82, 2.24) is 14.3 Å². The van der Waals surface area contributed by atoms with Gasteiger partial charge < -0.3 is 5.32 Å². The van der Waals surface area contributed by atoms with Crippen LogP contribution < -0.4 is 10.9 Å². The Morgan fingerprint density at radius 1 is 0.967 bits per heavy atom. The maximum atomic E-state index is 12.9. The minimum Gasteiger partial charge on any atom is -0.326 e. The van der Waals surface area contributed by atoms with Crippen molar-refractivity contribution in [1.29, 1.82) is 0 Å². The number of rotatable bonds is 5. The molecule has 0 spiro atoms. The zero-order valence-corrected chi connectivity index (χ0v) is 17.3. The molecule has 0 aliphatic rings. The van der Waals surface area contributed by atoms with Crippen LogP contribution in [0.15, 0.2) is 65.5 Å². The molecule has 4 rings (SSSR count). The number of hydrogen-bond donors (Lipinski definition) is 1. The van der Waals surface area contributed by atoms with Crippen LogP contribution in [0.1, 0.15) is 23.2 Å². The standard InChI is InChI=1S/C24H24N4O2/c1-16-9-7-8-12-20(16)25-21(29)13-14-27-22(30)15-17(2)23-18(3)26-28(24(23)27)19-10-5-4-6-11-19/h4-12,15H,13-14H2,1-3H3,(H,25,29). The van der Waals surface area contributed by atoms with E-state index in [1.807, 2.05) is 75.4 Å². The first-order valence-corrected chi connectivity index (χ1v) is 9.96. The molecule has 0 bridgehead atoms. The molecule has 6 nitrogen and oxygen atoms in total. The van der Waals surface area contributed by atoms with Crippen LogP contribution in [-0.2, 0) is 11.3 Å². The van der Waals surface area contributed by atoms with E-state index in [0.717, 1.165) is 33.6 Å². The molecule has 1 amide bonds. The third-order valence-corrected chi connectivity index (χ3v) is 5.27. The summed E-state index contributed by atoms with van der Waals surface area (Å²) in [7, 11) is 0. The number of amides is 1. The van der Waals surface area contributed by atoms with E-state index in [2.05, 4.69) is 10.4 Å². The fourth-order valence-corrected chi connectivity index (χ4v) is 3.77. The number of aryl methyl sites for hydroxylation is 4. The van der Waals surface area contributed by atoms with Crippen molar-refractivity contribution in [3.63, 3.8) is 0 Å². The number of aromatic nitrogens is 3. The summed E-state index contributed by atoms with van der Waals surface area (Å²) >= 11 is 0. The molecule has 2 aromatic heterocycles. The number of hydrogen-bond acceptors (Lipinski definition) is 3. The summed E-state index contributed by atoms with van der Waals surface area (Å²) in [5.74, 6) is -0.132. The lowest BCUT2D eigenvalue weighted by atomic mass is 10.1. The van der Waals surface area contributed by atoms with Crippen LogP contribution in [0, 0.1) is 20.8 Å². The van der Waals surface area contributed by atoms with Crippen molar-refractivity contribution >= 4 is 22.6 Å². The highest BCUT2D eigenvalue weighted by atomic mass is 16.2. The number of carbonyl (C=O) groups excluding carboxylic acids is 1. The van der Waals surface area contributed by atoms with Crippen LogP contribution >= 0.6 is 0 Å². The molecule has 30 heavy (non-hydrogen) atoms. The smallest absolute Gasteiger partial charge is 0.252 e. The summed E-state index contributed by atoms with van der Waals surface area (Å²) < 4.78 is 3.44. The van der Waals surface area contributed by atoms with E-state index in [1.54, 1.807) is 15.3 Å². The van der Waals surface area contributed by atoms with Crippen molar-refractivity contribution in [2.45, 2.75) is 33.7 Å². The van der Waals surface area contributed by atoms with Gasteiger partial charge in [0.25, 0.3) is 5.56 Å². The number of pyridine rings is 1. The lowest BCUT2D eigenvalue weighted by molar-refractivity contribution is -0.116. The zero-order valence-electron chi connectivity index (χ0n) is 17.3. The molecule has 0 atom stereocenters. The van der Waals surface area contributed by atoms with E-state index >= 15 is 0 Å². The highest BCUT2D eigenvalue weighted by Crippen LogP contribution is 2.24. The zero-order chi connectivity index (χ0) is 21.3. The van der Waals surface area contributed by atoms with Crippen LogP contribution in [0.25, 0.3) is 16.7 Å². The van der Waals surface area contributed by atoms with Crippen LogP contribution in [0.4, 0.5) is 5.69 Å². The second-order valence-electron chi connectivity index (χ2n) is 7.46. The summed E-state index contributed by atoms with van der Waals surface area (Å²) in [6.07, 6.45) is 0.186. The van der Waals surface area contributed by atoms with Gasteiger partial charge in [-0.25, -0.2) is 4.68 Å². The third kappa shape index (κ3) is 3.64. The Morgan fingerprint density at radius 2 is 1.67 bits per heavy atom. The first-order valence-electron chi connectivity index (χ1n) is 9.96. The summed E-state index contributed by atoms with van der Waals surface area (Å²) in [6, 6.07) is 19.0. The largest absolute Gasteiger partial charge is 0.326 e. The Hall–Kier alpha value is -3.67. The maximum Gasteiger partial charge on any atom is 0.252 e. The summed E-state index contributed by atoms with van der Waals surface area (Å²) in [5, 5.41) is 8.56. The predicted molar refractivity (Wildman–Crippen MR) is 119 cm³/mol. The van der Waals surface area contributed by atoms with Gasteiger partial charge in [0.1, 0.15) is 5.65 Å². The average molecular weight is 400 g/mol. The number of nitrogens with one attached hydrogen (secondary N) is 1. The molecule has 0 aliphatic heterocycles. The molecule has 0 aliphatic carbocycles. The molecule has 0 radical (unpaired) electrons. The molecule has 0 unspecified atom stereocenters. The number of anilines is 1. The van der Waals surface area contributed by atoms with Crippen molar-refractivity contribution in [2.75, 3.05) is 5.32 Å². The average Bonchev–Trinajstić information content (AvgIpc) is 3.08. The van der Waals surface area contributed by atoms with Crippen LogP contribution in [0.3, 0.4) is 0 Å². The molecule has 0 saturated carbocycles. The minimum atomic E-state index is -0.138. The number of nitrogens with zero attached hydrogens (tertiary/aromatic N) is 3. The molecule has 0 saturated heterocycles. The van der Waals surface area contributed by atoms with Gasteiger partial charge in [0, 0.05) is 30.1 Å². The van der Waals surface area contributed by atoms with E-state index in [-0.39, 0.29) is 24.4 Å². The highest BCUT2D eigenvalue weighted by molar-refractivity contribution is 5.91. The molecular formula is C24H24N4O2. The molecule has 6 heteroatoms. The number of fused-ring (bicyclic) bond motifs is 1. The Labute approximate surface area is 174 Å². The van der Waals surface area contributed by atoms with Crippen molar-refractivity contribution in [3.05, 3.63) is 87.8 Å².